The first kappa shape index (κ1) is 16.1. The van der Waals surface area contributed by atoms with Crippen LogP contribution in [-0.2, 0) is 12.8 Å². The molecule has 2 aromatic carbocycles. The van der Waals surface area contributed by atoms with Gasteiger partial charge in [0.25, 0.3) is 0 Å². The van der Waals surface area contributed by atoms with Crippen LogP contribution < -0.4 is 5.32 Å². The molecule has 0 saturated heterocycles. The fraction of sp³-hybridized carbons (Fsp3) is 0.368. The van der Waals surface area contributed by atoms with Gasteiger partial charge < -0.3 is 5.32 Å². The summed E-state index contributed by atoms with van der Waals surface area (Å²) in [5, 5.41) is 4.31. The highest BCUT2D eigenvalue weighted by Crippen LogP contribution is 2.18. The van der Waals surface area contributed by atoms with Crippen molar-refractivity contribution < 1.29 is 0 Å². The number of rotatable bonds is 7. The molecule has 2 rings (SSSR count). The molecule has 2 heteroatoms. The second-order valence-corrected chi connectivity index (χ2v) is 6.13. The van der Waals surface area contributed by atoms with Crippen molar-refractivity contribution in [2.75, 3.05) is 13.1 Å². The maximum atomic E-state index is 6.09. The molecule has 0 bridgehead atoms. The summed E-state index contributed by atoms with van der Waals surface area (Å²) in [7, 11) is 0. The van der Waals surface area contributed by atoms with Crippen molar-refractivity contribution in [2.45, 2.75) is 26.7 Å². The molecule has 0 spiro atoms. The van der Waals surface area contributed by atoms with E-state index in [-0.39, 0.29) is 0 Å². The van der Waals surface area contributed by atoms with E-state index < -0.39 is 0 Å². The quantitative estimate of drug-likeness (QED) is 0.784. The van der Waals surface area contributed by atoms with Gasteiger partial charge in [-0.25, -0.2) is 0 Å². The molecule has 112 valence electrons. The molecule has 2 aromatic rings. The lowest BCUT2D eigenvalue weighted by atomic mass is 9.92. The Kier molecular flexibility index (Phi) is 6.28. The van der Waals surface area contributed by atoms with Crippen LogP contribution >= 0.6 is 11.6 Å². The van der Waals surface area contributed by atoms with E-state index in [0.29, 0.717) is 5.92 Å². The zero-order chi connectivity index (χ0) is 15.1. The molecule has 0 radical (unpaired) electrons. The van der Waals surface area contributed by atoms with Gasteiger partial charge in [-0.2, -0.15) is 0 Å². The molecule has 0 heterocycles. The SMILES string of the molecule is CCNCC(Cc1ccc(C)cc1)Cc1cccc(Cl)c1. The first-order chi connectivity index (χ1) is 10.2. The molecule has 0 saturated carbocycles. The minimum atomic E-state index is 0.589. The van der Waals surface area contributed by atoms with Gasteiger partial charge in [0.15, 0.2) is 0 Å². The highest BCUT2D eigenvalue weighted by molar-refractivity contribution is 6.30. The van der Waals surface area contributed by atoms with E-state index in [1.54, 1.807) is 0 Å². The number of hydrogen-bond donors (Lipinski definition) is 1. The van der Waals surface area contributed by atoms with E-state index in [0.717, 1.165) is 31.0 Å². The first-order valence-corrected chi connectivity index (χ1v) is 8.06. The zero-order valence-electron chi connectivity index (χ0n) is 12.9. The van der Waals surface area contributed by atoms with Gasteiger partial charge in [-0.05, 0) is 62.0 Å². The van der Waals surface area contributed by atoms with Gasteiger partial charge in [-0.1, -0.05) is 60.5 Å². The minimum Gasteiger partial charge on any atom is -0.317 e. The molecule has 1 atom stereocenters. The third-order valence-electron chi connectivity index (χ3n) is 3.74. The molecular formula is C19H24ClN. The Morgan fingerprint density at radius 1 is 1.00 bits per heavy atom. The Balaban J connectivity index is 2.04. The Morgan fingerprint density at radius 3 is 2.38 bits per heavy atom. The molecule has 0 amide bonds. The van der Waals surface area contributed by atoms with E-state index in [1.807, 2.05) is 12.1 Å². The van der Waals surface area contributed by atoms with Crippen LogP contribution in [0.15, 0.2) is 48.5 Å². The molecule has 1 nitrogen and oxygen atoms in total. The molecule has 0 fully saturated rings. The third kappa shape index (κ3) is 5.53. The van der Waals surface area contributed by atoms with E-state index in [4.69, 9.17) is 11.6 Å². The number of halogens is 1. The lowest BCUT2D eigenvalue weighted by Crippen LogP contribution is -2.25. The minimum absolute atomic E-state index is 0.589. The van der Waals surface area contributed by atoms with Crippen molar-refractivity contribution in [2.24, 2.45) is 5.92 Å². The summed E-state index contributed by atoms with van der Waals surface area (Å²) in [5.41, 5.74) is 4.04. The largest absolute Gasteiger partial charge is 0.317 e. The highest BCUT2D eigenvalue weighted by Gasteiger charge is 2.11. The number of nitrogens with one attached hydrogen (secondary N) is 1. The lowest BCUT2D eigenvalue weighted by Gasteiger charge is -2.18. The molecule has 0 aliphatic carbocycles. The van der Waals surface area contributed by atoms with Crippen LogP contribution in [0.25, 0.3) is 0 Å². The van der Waals surface area contributed by atoms with Gasteiger partial charge in [0, 0.05) is 5.02 Å². The van der Waals surface area contributed by atoms with E-state index in [9.17, 15) is 0 Å². The van der Waals surface area contributed by atoms with Crippen LogP contribution in [0.3, 0.4) is 0 Å². The molecule has 0 aliphatic rings. The van der Waals surface area contributed by atoms with E-state index in [2.05, 4.69) is 55.6 Å². The topological polar surface area (TPSA) is 12.0 Å². The summed E-state index contributed by atoms with van der Waals surface area (Å²) < 4.78 is 0. The van der Waals surface area contributed by atoms with Crippen LogP contribution in [0.1, 0.15) is 23.6 Å². The Hall–Kier alpha value is -1.31. The van der Waals surface area contributed by atoms with E-state index in [1.165, 1.54) is 16.7 Å². The second kappa shape index (κ2) is 8.21. The molecule has 21 heavy (non-hydrogen) atoms. The lowest BCUT2D eigenvalue weighted by molar-refractivity contribution is 0.478. The summed E-state index contributed by atoms with van der Waals surface area (Å²) in [5.74, 6) is 0.589. The van der Waals surface area contributed by atoms with Crippen molar-refractivity contribution >= 4 is 11.6 Å². The average Bonchev–Trinajstić information content (AvgIpc) is 2.47. The van der Waals surface area contributed by atoms with Gasteiger partial charge in [0.1, 0.15) is 0 Å². The van der Waals surface area contributed by atoms with Gasteiger partial charge in [0.05, 0.1) is 0 Å². The summed E-state index contributed by atoms with van der Waals surface area (Å²) >= 11 is 6.09. The number of hydrogen-bond acceptors (Lipinski definition) is 1. The Morgan fingerprint density at radius 2 is 1.71 bits per heavy atom. The Bertz CT molecular complexity index is 548. The first-order valence-electron chi connectivity index (χ1n) is 7.68. The van der Waals surface area contributed by atoms with Gasteiger partial charge >= 0.3 is 0 Å². The molecular weight excluding hydrogens is 278 g/mol. The fourth-order valence-electron chi connectivity index (χ4n) is 2.62. The highest BCUT2D eigenvalue weighted by atomic mass is 35.5. The number of benzene rings is 2. The summed E-state index contributed by atoms with van der Waals surface area (Å²) in [6.45, 7) is 6.34. The molecule has 0 aliphatic heterocycles. The van der Waals surface area contributed by atoms with Crippen LogP contribution in [0.4, 0.5) is 0 Å². The second-order valence-electron chi connectivity index (χ2n) is 5.70. The van der Waals surface area contributed by atoms with Crippen molar-refractivity contribution in [3.63, 3.8) is 0 Å². The third-order valence-corrected chi connectivity index (χ3v) is 3.98. The monoisotopic (exact) mass is 301 g/mol. The van der Waals surface area contributed by atoms with Crippen LogP contribution in [-0.4, -0.2) is 13.1 Å². The Labute approximate surface area is 133 Å². The summed E-state index contributed by atoms with van der Waals surface area (Å²) in [6, 6.07) is 17.1. The standard InChI is InChI=1S/C19H24ClN/c1-3-21-14-18(11-16-9-7-15(2)8-10-16)12-17-5-4-6-19(20)13-17/h4-10,13,18,21H,3,11-12,14H2,1-2H3. The maximum absolute atomic E-state index is 6.09. The van der Waals surface area contributed by atoms with Gasteiger partial charge in [-0.15, -0.1) is 0 Å². The van der Waals surface area contributed by atoms with Gasteiger partial charge in [-0.3, -0.25) is 0 Å². The van der Waals surface area contributed by atoms with Crippen molar-refractivity contribution in [3.05, 3.63) is 70.2 Å². The predicted molar refractivity (Wildman–Crippen MR) is 92.1 cm³/mol. The van der Waals surface area contributed by atoms with Crippen LogP contribution in [0.5, 0.6) is 0 Å². The summed E-state index contributed by atoms with van der Waals surface area (Å²) in [6.07, 6.45) is 2.15. The molecule has 0 aromatic heterocycles. The van der Waals surface area contributed by atoms with Crippen molar-refractivity contribution in [3.8, 4) is 0 Å². The van der Waals surface area contributed by atoms with Crippen LogP contribution in [0.2, 0.25) is 5.02 Å². The van der Waals surface area contributed by atoms with E-state index >= 15 is 0 Å². The molecule has 1 N–H and O–H groups in total. The van der Waals surface area contributed by atoms with Crippen molar-refractivity contribution in [1.29, 1.82) is 0 Å². The van der Waals surface area contributed by atoms with Crippen LogP contribution in [0, 0.1) is 12.8 Å². The predicted octanol–water partition coefficient (Wildman–Crippen LogP) is 4.66. The van der Waals surface area contributed by atoms with Gasteiger partial charge in [0.2, 0.25) is 0 Å². The van der Waals surface area contributed by atoms with Crippen molar-refractivity contribution in [1.82, 2.24) is 5.32 Å². The average molecular weight is 302 g/mol. The fourth-order valence-corrected chi connectivity index (χ4v) is 2.83. The summed E-state index contributed by atoms with van der Waals surface area (Å²) in [4.78, 5) is 0. The number of aryl methyl sites for hydroxylation is 1. The zero-order valence-corrected chi connectivity index (χ0v) is 13.7. The molecule has 1 unspecified atom stereocenters. The maximum Gasteiger partial charge on any atom is 0.0408 e. The smallest absolute Gasteiger partial charge is 0.0408 e. The normalized spacial score (nSPS) is 12.3.